The number of aryl methyl sites for hydroxylation is 2. The first kappa shape index (κ1) is 13.7. The first-order valence-corrected chi connectivity index (χ1v) is 5.63. The van der Waals surface area contributed by atoms with E-state index in [-0.39, 0.29) is 12.5 Å². The zero-order valence-corrected chi connectivity index (χ0v) is 11.1. The SMILES string of the molecule is Cc1nc(CNCC(=O)OC(C)(C)C)oc1C. The van der Waals surface area contributed by atoms with Gasteiger partial charge in [-0.2, -0.15) is 0 Å². The highest BCUT2D eigenvalue weighted by atomic mass is 16.6. The number of carbonyl (C=O) groups excluding carboxylic acids is 1. The highest BCUT2D eigenvalue weighted by molar-refractivity contribution is 5.72. The fraction of sp³-hybridized carbons (Fsp3) is 0.667. The number of carbonyl (C=O) groups is 1. The molecule has 5 heteroatoms. The quantitative estimate of drug-likeness (QED) is 0.812. The van der Waals surface area contributed by atoms with Crippen molar-refractivity contribution < 1.29 is 13.9 Å². The number of esters is 1. The van der Waals surface area contributed by atoms with Crippen LogP contribution in [0.15, 0.2) is 4.42 Å². The summed E-state index contributed by atoms with van der Waals surface area (Å²) in [5.41, 5.74) is 0.425. The molecule has 0 unspecified atom stereocenters. The minimum atomic E-state index is -0.450. The van der Waals surface area contributed by atoms with Crippen LogP contribution >= 0.6 is 0 Å². The van der Waals surface area contributed by atoms with Gasteiger partial charge in [-0.3, -0.25) is 10.1 Å². The summed E-state index contributed by atoms with van der Waals surface area (Å²) in [5.74, 6) is 1.11. The number of nitrogens with zero attached hydrogens (tertiary/aromatic N) is 1. The van der Waals surface area contributed by atoms with Gasteiger partial charge >= 0.3 is 5.97 Å². The van der Waals surface area contributed by atoms with Gasteiger partial charge in [0.25, 0.3) is 0 Å². The van der Waals surface area contributed by atoms with E-state index in [1.807, 2.05) is 34.6 Å². The number of hydrogen-bond acceptors (Lipinski definition) is 5. The van der Waals surface area contributed by atoms with Crippen molar-refractivity contribution in [1.82, 2.24) is 10.3 Å². The molecule has 0 aliphatic rings. The molecular formula is C12H20N2O3. The Bertz CT molecular complexity index is 371. The summed E-state index contributed by atoms with van der Waals surface area (Å²) in [7, 11) is 0. The summed E-state index contributed by atoms with van der Waals surface area (Å²) >= 11 is 0. The normalized spacial score (nSPS) is 11.6. The Morgan fingerprint density at radius 1 is 1.41 bits per heavy atom. The van der Waals surface area contributed by atoms with Gasteiger partial charge in [0.05, 0.1) is 18.8 Å². The third-order valence-corrected chi connectivity index (χ3v) is 2.04. The first-order valence-electron chi connectivity index (χ1n) is 5.63. The molecule has 96 valence electrons. The van der Waals surface area contributed by atoms with Gasteiger partial charge in [-0.25, -0.2) is 4.98 Å². The second kappa shape index (κ2) is 5.31. The molecule has 0 aromatic carbocycles. The molecule has 0 radical (unpaired) electrons. The molecule has 0 amide bonds. The average molecular weight is 240 g/mol. The van der Waals surface area contributed by atoms with Gasteiger partial charge in [-0.05, 0) is 34.6 Å². The third kappa shape index (κ3) is 4.99. The van der Waals surface area contributed by atoms with Crippen LogP contribution < -0.4 is 5.32 Å². The maximum absolute atomic E-state index is 11.4. The second-order valence-electron chi connectivity index (χ2n) is 4.94. The van der Waals surface area contributed by atoms with Crippen LogP contribution in [0, 0.1) is 13.8 Å². The molecule has 1 rings (SSSR count). The number of hydrogen-bond donors (Lipinski definition) is 1. The van der Waals surface area contributed by atoms with Crippen molar-refractivity contribution in [2.24, 2.45) is 0 Å². The van der Waals surface area contributed by atoms with Crippen LogP contribution in [-0.2, 0) is 16.1 Å². The Hall–Kier alpha value is -1.36. The lowest BCUT2D eigenvalue weighted by molar-refractivity contribution is -0.153. The monoisotopic (exact) mass is 240 g/mol. The standard InChI is InChI=1S/C12H20N2O3/c1-8-9(2)16-10(14-8)6-13-7-11(15)17-12(3,4)5/h13H,6-7H2,1-5H3. The Kier molecular flexibility index (Phi) is 4.28. The van der Waals surface area contributed by atoms with Crippen LogP contribution in [0.5, 0.6) is 0 Å². The van der Waals surface area contributed by atoms with Crippen molar-refractivity contribution in [2.75, 3.05) is 6.54 Å². The van der Waals surface area contributed by atoms with Gasteiger partial charge < -0.3 is 9.15 Å². The fourth-order valence-corrected chi connectivity index (χ4v) is 1.26. The van der Waals surface area contributed by atoms with E-state index in [1.165, 1.54) is 0 Å². The largest absolute Gasteiger partial charge is 0.459 e. The predicted molar refractivity (Wildman–Crippen MR) is 63.5 cm³/mol. The summed E-state index contributed by atoms with van der Waals surface area (Å²) in [6, 6.07) is 0. The molecule has 1 N–H and O–H groups in total. The zero-order chi connectivity index (χ0) is 13.1. The topological polar surface area (TPSA) is 64.4 Å². The van der Waals surface area contributed by atoms with Crippen molar-refractivity contribution in [3.63, 3.8) is 0 Å². The van der Waals surface area contributed by atoms with Gasteiger partial charge in [-0.15, -0.1) is 0 Å². The maximum atomic E-state index is 11.4. The maximum Gasteiger partial charge on any atom is 0.320 e. The molecule has 0 atom stereocenters. The molecule has 17 heavy (non-hydrogen) atoms. The Balaban J connectivity index is 2.31. The second-order valence-corrected chi connectivity index (χ2v) is 4.94. The highest BCUT2D eigenvalue weighted by Gasteiger charge is 2.15. The first-order chi connectivity index (χ1) is 7.78. The molecule has 1 heterocycles. The molecule has 1 aromatic heterocycles. The van der Waals surface area contributed by atoms with Gasteiger partial charge in [0, 0.05) is 0 Å². The van der Waals surface area contributed by atoms with E-state index in [2.05, 4.69) is 10.3 Å². The van der Waals surface area contributed by atoms with Gasteiger partial charge in [0.1, 0.15) is 11.4 Å². The summed E-state index contributed by atoms with van der Waals surface area (Å²) < 4.78 is 10.5. The molecule has 0 spiro atoms. The van der Waals surface area contributed by atoms with Gasteiger partial charge in [-0.1, -0.05) is 0 Å². The lowest BCUT2D eigenvalue weighted by atomic mass is 10.2. The molecule has 0 fully saturated rings. The summed E-state index contributed by atoms with van der Waals surface area (Å²) in [6.07, 6.45) is 0. The van der Waals surface area contributed by atoms with Crippen molar-refractivity contribution in [2.45, 2.75) is 46.8 Å². The molecule has 5 nitrogen and oxygen atoms in total. The van der Waals surface area contributed by atoms with E-state index in [1.54, 1.807) is 0 Å². The molecule has 0 bridgehead atoms. The van der Waals surface area contributed by atoms with Gasteiger partial charge in [0.15, 0.2) is 0 Å². The van der Waals surface area contributed by atoms with Crippen molar-refractivity contribution in [3.8, 4) is 0 Å². The molecule has 0 saturated carbocycles. The molecule has 0 aliphatic heterocycles. The van der Waals surface area contributed by atoms with Crippen LogP contribution in [0.25, 0.3) is 0 Å². The minimum Gasteiger partial charge on any atom is -0.459 e. The van der Waals surface area contributed by atoms with E-state index in [9.17, 15) is 4.79 Å². The number of nitrogens with one attached hydrogen (secondary N) is 1. The summed E-state index contributed by atoms with van der Waals surface area (Å²) in [4.78, 5) is 15.6. The fourth-order valence-electron chi connectivity index (χ4n) is 1.26. The number of aromatic nitrogens is 1. The van der Waals surface area contributed by atoms with Crippen LogP contribution in [-0.4, -0.2) is 23.1 Å². The minimum absolute atomic E-state index is 0.151. The molecule has 1 aromatic rings. The lowest BCUT2D eigenvalue weighted by Gasteiger charge is -2.19. The van der Waals surface area contributed by atoms with E-state index in [4.69, 9.17) is 9.15 Å². The Labute approximate surface area is 102 Å². The zero-order valence-electron chi connectivity index (χ0n) is 11.1. The highest BCUT2D eigenvalue weighted by Crippen LogP contribution is 2.08. The van der Waals surface area contributed by atoms with Crippen LogP contribution in [0.2, 0.25) is 0 Å². The molecule has 0 saturated heterocycles. The number of rotatable bonds is 4. The Morgan fingerprint density at radius 2 is 2.06 bits per heavy atom. The van der Waals surface area contributed by atoms with Crippen molar-refractivity contribution in [3.05, 3.63) is 17.3 Å². The van der Waals surface area contributed by atoms with Crippen LogP contribution in [0.1, 0.15) is 38.1 Å². The van der Waals surface area contributed by atoms with Crippen LogP contribution in [0.4, 0.5) is 0 Å². The summed E-state index contributed by atoms with van der Waals surface area (Å²) in [5, 5.41) is 2.93. The lowest BCUT2D eigenvalue weighted by Crippen LogP contribution is -2.31. The summed E-state index contributed by atoms with van der Waals surface area (Å²) in [6.45, 7) is 9.84. The third-order valence-electron chi connectivity index (χ3n) is 2.04. The Morgan fingerprint density at radius 3 is 2.53 bits per heavy atom. The number of ether oxygens (including phenoxy) is 1. The van der Waals surface area contributed by atoms with Gasteiger partial charge in [0.2, 0.25) is 5.89 Å². The average Bonchev–Trinajstić information content (AvgIpc) is 2.43. The van der Waals surface area contributed by atoms with Crippen molar-refractivity contribution >= 4 is 5.97 Å². The molecule has 0 aliphatic carbocycles. The van der Waals surface area contributed by atoms with Crippen molar-refractivity contribution in [1.29, 1.82) is 0 Å². The van der Waals surface area contributed by atoms with E-state index < -0.39 is 5.60 Å². The van der Waals surface area contributed by atoms with E-state index in [0.717, 1.165) is 11.5 Å². The van der Waals surface area contributed by atoms with E-state index in [0.29, 0.717) is 12.4 Å². The number of oxazole rings is 1. The smallest absolute Gasteiger partial charge is 0.320 e. The predicted octanol–water partition coefficient (Wildman–Crippen LogP) is 1.72. The van der Waals surface area contributed by atoms with Crippen LogP contribution in [0.3, 0.4) is 0 Å². The van der Waals surface area contributed by atoms with E-state index >= 15 is 0 Å². The molecular weight excluding hydrogens is 220 g/mol.